The summed E-state index contributed by atoms with van der Waals surface area (Å²) in [5, 5.41) is 10.2. The number of H-pyrrole nitrogens is 2. The third-order valence-corrected chi connectivity index (χ3v) is 4.71. The number of rotatable bonds is 3. The van der Waals surface area contributed by atoms with E-state index in [1.807, 2.05) is 18.6 Å². The first-order valence-corrected chi connectivity index (χ1v) is 8.49. The lowest BCUT2D eigenvalue weighted by atomic mass is 9.93. The van der Waals surface area contributed by atoms with Gasteiger partial charge in [0.2, 0.25) is 0 Å². The van der Waals surface area contributed by atoms with Crippen LogP contribution in [0.3, 0.4) is 0 Å². The fourth-order valence-electron chi connectivity index (χ4n) is 3.44. The van der Waals surface area contributed by atoms with Crippen molar-refractivity contribution in [2.75, 3.05) is 0 Å². The third-order valence-electron chi connectivity index (χ3n) is 4.71. The molecule has 0 atom stereocenters. The molecular formula is C20H22N4. The van der Waals surface area contributed by atoms with Crippen molar-refractivity contribution >= 4 is 21.8 Å². The van der Waals surface area contributed by atoms with Gasteiger partial charge in [0.15, 0.2) is 0 Å². The molecule has 0 amide bonds. The molecule has 0 fully saturated rings. The van der Waals surface area contributed by atoms with Gasteiger partial charge >= 0.3 is 0 Å². The first-order valence-electron chi connectivity index (χ1n) is 8.49. The number of fused-ring (bicyclic) bond motifs is 2. The van der Waals surface area contributed by atoms with Gasteiger partial charge in [-0.05, 0) is 41.2 Å². The zero-order valence-corrected chi connectivity index (χ0v) is 14.5. The summed E-state index contributed by atoms with van der Waals surface area (Å²) in [7, 11) is 0. The molecule has 0 saturated carbocycles. The summed E-state index contributed by atoms with van der Waals surface area (Å²) in [5.41, 5.74) is 6.95. The Bertz CT molecular complexity index is 1020. The molecule has 4 heteroatoms. The van der Waals surface area contributed by atoms with Gasteiger partial charge in [-0.25, -0.2) is 0 Å². The normalized spacial score (nSPS) is 12.1. The highest BCUT2D eigenvalue weighted by atomic mass is 15.1. The van der Waals surface area contributed by atoms with E-state index in [1.165, 1.54) is 27.4 Å². The summed E-state index contributed by atoms with van der Waals surface area (Å²) < 4.78 is 0. The van der Waals surface area contributed by atoms with Crippen LogP contribution in [0.5, 0.6) is 0 Å². The minimum atomic E-state index is 0.401. The molecule has 4 aromatic rings. The predicted molar refractivity (Wildman–Crippen MR) is 99.4 cm³/mol. The van der Waals surface area contributed by atoms with Crippen molar-refractivity contribution in [2.24, 2.45) is 0 Å². The summed E-state index contributed by atoms with van der Waals surface area (Å²) in [6, 6.07) is 6.62. The molecule has 4 nitrogen and oxygen atoms in total. The number of hydrogen-bond donors (Lipinski definition) is 2. The zero-order chi connectivity index (χ0) is 16.8. The molecule has 0 spiro atoms. The molecule has 0 aliphatic heterocycles. The van der Waals surface area contributed by atoms with Crippen LogP contribution in [0.4, 0.5) is 0 Å². The first kappa shape index (κ1) is 14.9. The van der Waals surface area contributed by atoms with Crippen LogP contribution in [-0.2, 0) is 0 Å². The Morgan fingerprint density at radius 3 is 2.50 bits per heavy atom. The Morgan fingerprint density at radius 1 is 0.958 bits per heavy atom. The molecule has 0 aliphatic carbocycles. The third kappa shape index (κ3) is 2.21. The highest BCUT2D eigenvalue weighted by molar-refractivity contribution is 5.98. The van der Waals surface area contributed by atoms with Crippen molar-refractivity contribution in [1.29, 1.82) is 0 Å². The molecule has 4 rings (SSSR count). The minimum Gasteiger partial charge on any atom is -0.361 e. The second-order valence-corrected chi connectivity index (χ2v) is 7.04. The second kappa shape index (κ2) is 5.48. The van der Waals surface area contributed by atoms with Gasteiger partial charge in [0, 0.05) is 34.2 Å². The van der Waals surface area contributed by atoms with Gasteiger partial charge in [-0.3, -0.25) is 10.1 Å². The Labute approximate surface area is 141 Å². The topological polar surface area (TPSA) is 57.4 Å². The molecule has 3 aromatic heterocycles. The first-order chi connectivity index (χ1) is 11.6. The fourth-order valence-corrected chi connectivity index (χ4v) is 3.44. The highest BCUT2D eigenvalue weighted by Crippen LogP contribution is 2.35. The number of benzene rings is 1. The van der Waals surface area contributed by atoms with Crippen molar-refractivity contribution in [2.45, 2.75) is 39.5 Å². The lowest BCUT2D eigenvalue weighted by Crippen LogP contribution is -1.93. The van der Waals surface area contributed by atoms with Crippen LogP contribution in [0.15, 0.2) is 36.8 Å². The molecule has 0 saturated heterocycles. The largest absolute Gasteiger partial charge is 0.361 e. The van der Waals surface area contributed by atoms with E-state index in [0.717, 1.165) is 16.8 Å². The van der Waals surface area contributed by atoms with Gasteiger partial charge in [-0.1, -0.05) is 27.7 Å². The van der Waals surface area contributed by atoms with E-state index in [1.54, 1.807) is 0 Å². The summed E-state index contributed by atoms with van der Waals surface area (Å²) in [6.45, 7) is 8.85. The van der Waals surface area contributed by atoms with Gasteiger partial charge in [0.1, 0.15) is 5.69 Å². The molecule has 0 unspecified atom stereocenters. The summed E-state index contributed by atoms with van der Waals surface area (Å²) >= 11 is 0. The lowest BCUT2D eigenvalue weighted by molar-refractivity contribution is 0.869. The van der Waals surface area contributed by atoms with Crippen LogP contribution in [-0.4, -0.2) is 20.2 Å². The predicted octanol–water partition coefficient (Wildman–Crippen LogP) is 5.35. The van der Waals surface area contributed by atoms with Crippen LogP contribution >= 0.6 is 0 Å². The summed E-state index contributed by atoms with van der Waals surface area (Å²) in [6.07, 6.45) is 5.83. The van der Waals surface area contributed by atoms with Crippen LogP contribution in [0.2, 0.25) is 0 Å². The SMILES string of the molecule is CC(C)c1cc(-c2n[nH]c3cncc(C(C)C)c23)cc2cc[nH]c12. The Morgan fingerprint density at radius 2 is 1.75 bits per heavy atom. The molecule has 0 aliphatic rings. The van der Waals surface area contributed by atoms with Crippen molar-refractivity contribution in [3.63, 3.8) is 0 Å². The van der Waals surface area contributed by atoms with E-state index in [9.17, 15) is 0 Å². The van der Waals surface area contributed by atoms with Crippen molar-refractivity contribution in [3.8, 4) is 11.3 Å². The molecule has 24 heavy (non-hydrogen) atoms. The number of hydrogen-bond acceptors (Lipinski definition) is 2. The average molecular weight is 318 g/mol. The summed E-state index contributed by atoms with van der Waals surface area (Å²) in [5.74, 6) is 0.848. The molecule has 1 aromatic carbocycles. The molecule has 3 heterocycles. The molecular weight excluding hydrogens is 296 g/mol. The Kier molecular flexibility index (Phi) is 3.41. The maximum atomic E-state index is 4.63. The van der Waals surface area contributed by atoms with Crippen molar-refractivity contribution in [3.05, 3.63) is 47.9 Å². The van der Waals surface area contributed by atoms with Crippen LogP contribution < -0.4 is 0 Å². The Balaban J connectivity index is 2.03. The standard InChI is InChI=1S/C20H22N4/c1-11(2)15-8-14(7-13-5-6-22-19(13)15)20-18-16(12(3)4)9-21-10-17(18)23-24-20/h5-12,22H,1-4H3,(H,23,24). The van der Waals surface area contributed by atoms with Crippen molar-refractivity contribution < 1.29 is 0 Å². The highest BCUT2D eigenvalue weighted by Gasteiger charge is 2.17. The van der Waals surface area contributed by atoms with Gasteiger partial charge < -0.3 is 4.98 Å². The Hall–Kier alpha value is -2.62. The minimum absolute atomic E-state index is 0.401. The number of aromatic amines is 2. The quantitative estimate of drug-likeness (QED) is 0.534. The smallest absolute Gasteiger partial charge is 0.100 e. The molecule has 0 radical (unpaired) electrons. The van der Waals surface area contributed by atoms with Gasteiger partial charge in [-0.2, -0.15) is 5.10 Å². The zero-order valence-electron chi connectivity index (χ0n) is 14.5. The molecule has 2 N–H and O–H groups in total. The van der Waals surface area contributed by atoms with Gasteiger partial charge in [-0.15, -0.1) is 0 Å². The number of nitrogens with zero attached hydrogens (tertiary/aromatic N) is 2. The van der Waals surface area contributed by atoms with E-state index in [0.29, 0.717) is 11.8 Å². The van der Waals surface area contributed by atoms with E-state index < -0.39 is 0 Å². The maximum Gasteiger partial charge on any atom is 0.100 e. The van der Waals surface area contributed by atoms with E-state index in [2.05, 4.69) is 66.1 Å². The van der Waals surface area contributed by atoms with Gasteiger partial charge in [0.25, 0.3) is 0 Å². The number of nitrogens with one attached hydrogen (secondary N) is 2. The molecule has 0 bridgehead atoms. The number of pyridine rings is 1. The maximum absolute atomic E-state index is 4.63. The van der Waals surface area contributed by atoms with Gasteiger partial charge in [0.05, 0.1) is 11.7 Å². The summed E-state index contributed by atoms with van der Waals surface area (Å²) in [4.78, 5) is 7.72. The van der Waals surface area contributed by atoms with E-state index >= 15 is 0 Å². The van der Waals surface area contributed by atoms with E-state index in [4.69, 9.17) is 0 Å². The monoisotopic (exact) mass is 318 g/mol. The fraction of sp³-hybridized carbons (Fsp3) is 0.300. The number of aromatic nitrogens is 4. The van der Waals surface area contributed by atoms with Crippen LogP contribution in [0, 0.1) is 0 Å². The lowest BCUT2D eigenvalue weighted by Gasteiger charge is -2.11. The van der Waals surface area contributed by atoms with Crippen molar-refractivity contribution in [1.82, 2.24) is 20.2 Å². The average Bonchev–Trinajstić information content (AvgIpc) is 3.19. The van der Waals surface area contributed by atoms with Crippen LogP contribution in [0.25, 0.3) is 33.1 Å². The molecule has 122 valence electrons. The van der Waals surface area contributed by atoms with E-state index in [-0.39, 0.29) is 0 Å². The second-order valence-electron chi connectivity index (χ2n) is 7.04. The van der Waals surface area contributed by atoms with Crippen LogP contribution in [0.1, 0.15) is 50.7 Å².